The Kier molecular flexibility index (Phi) is 1.81. The standard InChI is InChI=1S/C11H12N2/c1-11(8-12)6-2-4-9-5-3-7-13-10(9)11/h3,5,7H,2,4,6H2,1H3. The Labute approximate surface area is 78.2 Å². The Balaban J connectivity index is 2.56. The molecule has 0 fully saturated rings. The van der Waals surface area contributed by atoms with Crippen LogP contribution in [0.4, 0.5) is 0 Å². The average Bonchev–Trinajstić information content (AvgIpc) is 2.19. The van der Waals surface area contributed by atoms with Crippen LogP contribution >= 0.6 is 0 Å². The number of rotatable bonds is 0. The number of aryl methyl sites for hydroxylation is 1. The van der Waals surface area contributed by atoms with E-state index in [1.54, 1.807) is 6.20 Å². The van der Waals surface area contributed by atoms with Gasteiger partial charge in [-0.15, -0.1) is 0 Å². The first-order valence-electron chi connectivity index (χ1n) is 4.62. The van der Waals surface area contributed by atoms with E-state index in [1.807, 2.05) is 13.0 Å². The van der Waals surface area contributed by atoms with Gasteiger partial charge in [0.25, 0.3) is 0 Å². The molecule has 13 heavy (non-hydrogen) atoms. The molecular formula is C11H12N2. The quantitative estimate of drug-likeness (QED) is 0.601. The summed E-state index contributed by atoms with van der Waals surface area (Å²) in [5.41, 5.74) is 1.89. The van der Waals surface area contributed by atoms with Crippen molar-refractivity contribution in [3.8, 4) is 6.07 Å². The van der Waals surface area contributed by atoms with Gasteiger partial charge in [-0.2, -0.15) is 5.26 Å². The van der Waals surface area contributed by atoms with Gasteiger partial charge in [-0.25, -0.2) is 0 Å². The molecule has 2 rings (SSSR count). The molecule has 0 radical (unpaired) electrons. The van der Waals surface area contributed by atoms with Crippen LogP contribution in [-0.4, -0.2) is 4.98 Å². The second-order valence-corrected chi connectivity index (χ2v) is 3.81. The van der Waals surface area contributed by atoms with Gasteiger partial charge >= 0.3 is 0 Å². The zero-order valence-electron chi connectivity index (χ0n) is 7.75. The summed E-state index contributed by atoms with van der Waals surface area (Å²) < 4.78 is 0. The lowest BCUT2D eigenvalue weighted by Gasteiger charge is -2.27. The summed E-state index contributed by atoms with van der Waals surface area (Å²) in [6, 6.07) is 6.40. The molecule has 2 nitrogen and oxygen atoms in total. The number of nitriles is 1. The van der Waals surface area contributed by atoms with Gasteiger partial charge < -0.3 is 0 Å². The fraction of sp³-hybridized carbons (Fsp3) is 0.455. The molecule has 0 aliphatic heterocycles. The summed E-state index contributed by atoms with van der Waals surface area (Å²) in [5, 5.41) is 9.11. The Morgan fingerprint density at radius 3 is 3.23 bits per heavy atom. The summed E-state index contributed by atoms with van der Waals surface area (Å²) in [6.07, 6.45) is 4.89. The van der Waals surface area contributed by atoms with Gasteiger partial charge in [-0.3, -0.25) is 4.98 Å². The number of pyridine rings is 1. The Bertz CT molecular complexity index is 365. The molecule has 1 heterocycles. The second kappa shape index (κ2) is 2.85. The lowest BCUT2D eigenvalue weighted by atomic mass is 9.75. The minimum absolute atomic E-state index is 0.352. The average molecular weight is 172 g/mol. The maximum atomic E-state index is 9.11. The molecule has 1 unspecified atom stereocenters. The normalized spacial score (nSPS) is 26.2. The topological polar surface area (TPSA) is 36.7 Å². The van der Waals surface area contributed by atoms with Crippen molar-refractivity contribution in [2.75, 3.05) is 0 Å². The molecule has 0 saturated heterocycles. The molecule has 0 N–H and O–H groups in total. The van der Waals surface area contributed by atoms with Crippen molar-refractivity contribution in [1.82, 2.24) is 4.98 Å². The molecule has 1 aliphatic rings. The highest BCUT2D eigenvalue weighted by Crippen LogP contribution is 2.34. The predicted molar refractivity (Wildman–Crippen MR) is 50.1 cm³/mol. The van der Waals surface area contributed by atoms with Gasteiger partial charge in [0.1, 0.15) is 0 Å². The zero-order chi connectivity index (χ0) is 9.31. The smallest absolute Gasteiger partial charge is 0.0968 e. The third-order valence-electron chi connectivity index (χ3n) is 2.78. The van der Waals surface area contributed by atoms with E-state index in [2.05, 4.69) is 17.1 Å². The highest BCUT2D eigenvalue weighted by molar-refractivity contribution is 5.35. The minimum atomic E-state index is -0.352. The highest BCUT2D eigenvalue weighted by atomic mass is 14.7. The summed E-state index contributed by atoms with van der Waals surface area (Å²) in [5.74, 6) is 0. The minimum Gasteiger partial charge on any atom is -0.259 e. The SMILES string of the molecule is CC1(C#N)CCCc2cccnc21. The highest BCUT2D eigenvalue weighted by Gasteiger charge is 2.32. The molecule has 1 atom stereocenters. The van der Waals surface area contributed by atoms with Gasteiger partial charge in [0.2, 0.25) is 0 Å². The number of fused-ring (bicyclic) bond motifs is 1. The van der Waals surface area contributed by atoms with Crippen LogP contribution in [0.3, 0.4) is 0 Å². The fourth-order valence-electron chi connectivity index (χ4n) is 2.00. The first kappa shape index (κ1) is 8.25. The van der Waals surface area contributed by atoms with Crippen LogP contribution in [0.25, 0.3) is 0 Å². The van der Waals surface area contributed by atoms with E-state index in [4.69, 9.17) is 5.26 Å². The van der Waals surface area contributed by atoms with Crippen LogP contribution in [0, 0.1) is 11.3 Å². The third-order valence-corrected chi connectivity index (χ3v) is 2.78. The molecule has 1 aromatic rings. The summed E-state index contributed by atoms with van der Waals surface area (Å²) in [4.78, 5) is 4.32. The van der Waals surface area contributed by atoms with E-state index in [0.29, 0.717) is 0 Å². The molecule has 2 heteroatoms. The van der Waals surface area contributed by atoms with Crippen LogP contribution in [0.5, 0.6) is 0 Å². The van der Waals surface area contributed by atoms with Crippen LogP contribution in [0.1, 0.15) is 31.0 Å². The van der Waals surface area contributed by atoms with Crippen molar-refractivity contribution < 1.29 is 0 Å². The third kappa shape index (κ3) is 1.21. The van der Waals surface area contributed by atoms with Crippen LogP contribution in [0.2, 0.25) is 0 Å². The van der Waals surface area contributed by atoms with Gasteiger partial charge in [0.15, 0.2) is 0 Å². The lowest BCUT2D eigenvalue weighted by molar-refractivity contribution is 0.477. The number of hydrogen-bond acceptors (Lipinski definition) is 2. The molecule has 0 saturated carbocycles. The van der Waals surface area contributed by atoms with Gasteiger partial charge in [-0.05, 0) is 37.8 Å². The summed E-state index contributed by atoms with van der Waals surface area (Å²) in [7, 11) is 0. The second-order valence-electron chi connectivity index (χ2n) is 3.81. The monoisotopic (exact) mass is 172 g/mol. The van der Waals surface area contributed by atoms with E-state index in [0.717, 1.165) is 25.0 Å². The van der Waals surface area contributed by atoms with E-state index in [9.17, 15) is 0 Å². The summed E-state index contributed by atoms with van der Waals surface area (Å²) >= 11 is 0. The van der Waals surface area contributed by atoms with E-state index in [1.165, 1.54) is 5.56 Å². The van der Waals surface area contributed by atoms with Crippen LogP contribution in [-0.2, 0) is 11.8 Å². The molecule has 1 aromatic heterocycles. The predicted octanol–water partition coefficient (Wildman–Crippen LogP) is 2.20. The van der Waals surface area contributed by atoms with Gasteiger partial charge in [-0.1, -0.05) is 6.07 Å². The van der Waals surface area contributed by atoms with E-state index >= 15 is 0 Å². The van der Waals surface area contributed by atoms with Crippen LogP contribution in [0.15, 0.2) is 18.3 Å². The van der Waals surface area contributed by atoms with Crippen molar-refractivity contribution in [3.05, 3.63) is 29.6 Å². The Morgan fingerprint density at radius 2 is 2.46 bits per heavy atom. The van der Waals surface area contributed by atoms with Crippen molar-refractivity contribution in [2.45, 2.75) is 31.6 Å². The molecule has 0 amide bonds. The zero-order valence-corrected chi connectivity index (χ0v) is 7.75. The maximum absolute atomic E-state index is 9.11. The Hall–Kier alpha value is -1.36. The van der Waals surface area contributed by atoms with Crippen LogP contribution < -0.4 is 0 Å². The van der Waals surface area contributed by atoms with Crippen molar-refractivity contribution in [2.24, 2.45) is 0 Å². The van der Waals surface area contributed by atoms with Gasteiger partial charge in [0, 0.05) is 6.20 Å². The largest absolute Gasteiger partial charge is 0.259 e. The molecular weight excluding hydrogens is 160 g/mol. The van der Waals surface area contributed by atoms with Crippen molar-refractivity contribution in [1.29, 1.82) is 5.26 Å². The molecule has 0 aromatic carbocycles. The summed E-state index contributed by atoms with van der Waals surface area (Å²) in [6.45, 7) is 1.98. The Morgan fingerprint density at radius 1 is 1.62 bits per heavy atom. The first-order chi connectivity index (χ1) is 6.26. The van der Waals surface area contributed by atoms with E-state index < -0.39 is 0 Å². The lowest BCUT2D eigenvalue weighted by Crippen LogP contribution is -2.26. The molecule has 1 aliphatic carbocycles. The molecule has 0 bridgehead atoms. The van der Waals surface area contributed by atoms with Gasteiger partial charge in [0.05, 0.1) is 17.2 Å². The van der Waals surface area contributed by atoms with Crippen molar-refractivity contribution >= 4 is 0 Å². The number of aromatic nitrogens is 1. The first-order valence-corrected chi connectivity index (χ1v) is 4.62. The number of hydrogen-bond donors (Lipinski definition) is 0. The van der Waals surface area contributed by atoms with E-state index in [-0.39, 0.29) is 5.41 Å². The fourth-order valence-corrected chi connectivity index (χ4v) is 2.00. The number of nitrogens with zero attached hydrogens (tertiary/aromatic N) is 2. The molecule has 0 spiro atoms. The van der Waals surface area contributed by atoms with Crippen molar-refractivity contribution in [3.63, 3.8) is 0 Å². The maximum Gasteiger partial charge on any atom is 0.0968 e. The molecule has 66 valence electrons.